The first-order valence-corrected chi connectivity index (χ1v) is 5.16. The van der Waals surface area contributed by atoms with Crippen LogP contribution in [0.1, 0.15) is 33.3 Å². The van der Waals surface area contributed by atoms with Gasteiger partial charge in [-0.2, -0.15) is 0 Å². The lowest BCUT2D eigenvalue weighted by atomic mass is 10.3. The first-order valence-electron chi connectivity index (χ1n) is 5.16. The molecule has 0 bridgehead atoms. The summed E-state index contributed by atoms with van der Waals surface area (Å²) < 4.78 is 5.14. The molecule has 0 saturated carbocycles. The van der Waals surface area contributed by atoms with Crippen molar-refractivity contribution >= 4 is 11.1 Å². The predicted octanol–water partition coefficient (Wildman–Crippen LogP) is 4.19. The number of hydrogen-bond acceptors (Lipinski definition) is 2. The molecule has 2 heteroatoms. The maximum absolute atomic E-state index is 5.14. The van der Waals surface area contributed by atoms with Gasteiger partial charge in [0.25, 0.3) is 0 Å². The van der Waals surface area contributed by atoms with Crippen molar-refractivity contribution in [1.82, 2.24) is 4.98 Å². The lowest BCUT2D eigenvalue weighted by Crippen LogP contribution is -1.74. The van der Waals surface area contributed by atoms with Gasteiger partial charge < -0.3 is 4.42 Å². The maximum Gasteiger partial charge on any atom is 0.152 e. The van der Waals surface area contributed by atoms with Crippen LogP contribution in [0.4, 0.5) is 0 Å². The molecule has 0 radical (unpaired) electrons. The summed E-state index contributed by atoms with van der Waals surface area (Å²) in [5, 5.41) is 0. The summed E-state index contributed by atoms with van der Waals surface area (Å²) in [7, 11) is 0. The van der Waals surface area contributed by atoms with Gasteiger partial charge in [0.1, 0.15) is 5.52 Å². The highest BCUT2D eigenvalue weighted by Crippen LogP contribution is 2.12. The van der Waals surface area contributed by atoms with Gasteiger partial charge in [0, 0.05) is 12.3 Å². The number of nitrogens with zero attached hydrogens (tertiary/aromatic N) is 1. The van der Waals surface area contributed by atoms with Crippen LogP contribution in [-0.4, -0.2) is 4.98 Å². The molecule has 0 saturated heterocycles. The van der Waals surface area contributed by atoms with Gasteiger partial charge in [0.2, 0.25) is 0 Å². The van der Waals surface area contributed by atoms with Crippen molar-refractivity contribution in [2.45, 2.75) is 34.6 Å². The predicted molar refractivity (Wildman–Crippen MR) is 61.4 cm³/mol. The summed E-state index contributed by atoms with van der Waals surface area (Å²) in [6.45, 7) is 9.99. The molecule has 0 amide bonds. The summed E-state index contributed by atoms with van der Waals surface area (Å²) in [6, 6.07) is 3.83. The fourth-order valence-electron chi connectivity index (χ4n) is 0.944. The van der Waals surface area contributed by atoms with Crippen LogP contribution >= 0.6 is 0 Å². The van der Waals surface area contributed by atoms with E-state index in [9.17, 15) is 0 Å². The third-order valence-corrected chi connectivity index (χ3v) is 1.44. The Morgan fingerprint density at radius 3 is 2.43 bits per heavy atom. The Hall–Kier alpha value is -1.31. The van der Waals surface area contributed by atoms with E-state index in [1.54, 1.807) is 6.26 Å². The van der Waals surface area contributed by atoms with Crippen LogP contribution in [0.3, 0.4) is 0 Å². The molecule has 2 nitrogen and oxygen atoms in total. The smallest absolute Gasteiger partial charge is 0.152 e. The minimum Gasteiger partial charge on any atom is -0.463 e. The summed E-state index contributed by atoms with van der Waals surface area (Å²) in [4.78, 5) is 4.15. The Labute approximate surface area is 86.0 Å². The third-order valence-electron chi connectivity index (χ3n) is 1.44. The molecule has 0 unspecified atom stereocenters. The van der Waals surface area contributed by atoms with Crippen LogP contribution in [-0.2, 0) is 0 Å². The molecule has 14 heavy (non-hydrogen) atoms. The highest BCUT2D eigenvalue weighted by Gasteiger charge is 1.95. The van der Waals surface area contributed by atoms with E-state index in [4.69, 9.17) is 4.42 Å². The van der Waals surface area contributed by atoms with Gasteiger partial charge in [-0.3, -0.25) is 4.98 Å². The second-order valence-corrected chi connectivity index (χ2v) is 2.32. The number of furan rings is 1. The zero-order valence-corrected chi connectivity index (χ0v) is 9.66. The zero-order chi connectivity index (χ0) is 11.0. The van der Waals surface area contributed by atoms with E-state index in [-0.39, 0.29) is 0 Å². The van der Waals surface area contributed by atoms with E-state index in [2.05, 4.69) is 4.98 Å². The molecule has 2 aromatic rings. The maximum atomic E-state index is 5.14. The minimum absolute atomic E-state index is 0.861. The second-order valence-electron chi connectivity index (χ2n) is 2.32. The van der Waals surface area contributed by atoms with Gasteiger partial charge in [0.15, 0.2) is 5.58 Å². The molecule has 2 heterocycles. The van der Waals surface area contributed by atoms with Crippen LogP contribution < -0.4 is 0 Å². The van der Waals surface area contributed by atoms with Gasteiger partial charge in [-0.25, -0.2) is 0 Å². The third kappa shape index (κ3) is 3.21. The molecule has 0 N–H and O–H groups in total. The molecule has 0 aliphatic carbocycles. The van der Waals surface area contributed by atoms with Crippen LogP contribution in [0.2, 0.25) is 0 Å². The molecule has 0 aliphatic heterocycles. The highest BCUT2D eigenvalue weighted by molar-refractivity contribution is 5.72. The Bertz CT molecular complexity index is 352. The van der Waals surface area contributed by atoms with Gasteiger partial charge >= 0.3 is 0 Å². The number of aromatic nitrogens is 1. The fourth-order valence-corrected chi connectivity index (χ4v) is 0.944. The van der Waals surface area contributed by atoms with Gasteiger partial charge in [-0.1, -0.05) is 27.7 Å². The number of aryl methyl sites for hydroxylation is 1. The van der Waals surface area contributed by atoms with Crippen LogP contribution in [0.25, 0.3) is 11.1 Å². The van der Waals surface area contributed by atoms with Gasteiger partial charge in [-0.15, -0.1) is 0 Å². The topological polar surface area (TPSA) is 26.0 Å². The average Bonchev–Trinajstić information content (AvgIpc) is 2.71. The largest absolute Gasteiger partial charge is 0.463 e. The molecule has 0 atom stereocenters. The van der Waals surface area contributed by atoms with Gasteiger partial charge in [-0.05, 0) is 18.6 Å². The number of hydrogen-bond donors (Lipinski definition) is 0. The Balaban J connectivity index is 0.000000379. The summed E-state index contributed by atoms with van der Waals surface area (Å²) >= 11 is 0. The van der Waals surface area contributed by atoms with Crippen LogP contribution in [0, 0.1) is 6.92 Å². The van der Waals surface area contributed by atoms with E-state index in [0.717, 1.165) is 16.7 Å². The Morgan fingerprint density at radius 2 is 1.79 bits per heavy atom. The first-order chi connectivity index (χ1) is 6.86. The SMILES string of the molecule is CC.CC.Cc1cnc2ccoc2c1. The van der Waals surface area contributed by atoms with Crippen molar-refractivity contribution in [3.05, 3.63) is 30.2 Å². The highest BCUT2D eigenvalue weighted by atomic mass is 16.3. The Morgan fingerprint density at radius 1 is 1.14 bits per heavy atom. The molecule has 0 aliphatic rings. The average molecular weight is 193 g/mol. The number of rotatable bonds is 0. The van der Waals surface area contributed by atoms with E-state index < -0.39 is 0 Å². The van der Waals surface area contributed by atoms with Crippen molar-refractivity contribution in [2.75, 3.05) is 0 Å². The van der Waals surface area contributed by atoms with Crippen molar-refractivity contribution in [3.63, 3.8) is 0 Å². The number of pyridine rings is 1. The number of fused-ring (bicyclic) bond motifs is 1. The van der Waals surface area contributed by atoms with E-state index in [1.165, 1.54) is 0 Å². The van der Waals surface area contributed by atoms with E-state index >= 15 is 0 Å². The van der Waals surface area contributed by atoms with E-state index in [1.807, 2.05) is 52.9 Å². The molecule has 0 spiro atoms. The molecule has 2 rings (SSSR count). The normalized spacial score (nSPS) is 8.36. The van der Waals surface area contributed by atoms with Crippen molar-refractivity contribution in [3.8, 4) is 0 Å². The zero-order valence-electron chi connectivity index (χ0n) is 9.66. The second kappa shape index (κ2) is 7.13. The molecule has 2 aromatic heterocycles. The van der Waals surface area contributed by atoms with Gasteiger partial charge in [0.05, 0.1) is 6.26 Å². The molecule has 0 fully saturated rings. The Kier molecular flexibility index (Phi) is 6.46. The quantitative estimate of drug-likeness (QED) is 0.627. The molecular weight excluding hydrogens is 174 g/mol. The summed E-state index contributed by atoms with van der Waals surface area (Å²) in [5.41, 5.74) is 2.91. The standard InChI is InChI=1S/C8H7NO.2C2H6/c1-6-4-8-7(9-5-6)2-3-10-8;2*1-2/h2-5H,1H3;2*1-2H3. The molecular formula is C12H19NO. The molecule has 0 aromatic carbocycles. The van der Waals surface area contributed by atoms with Crippen molar-refractivity contribution in [2.24, 2.45) is 0 Å². The minimum atomic E-state index is 0.861. The van der Waals surface area contributed by atoms with E-state index in [0.29, 0.717) is 0 Å². The molecule has 78 valence electrons. The fraction of sp³-hybridized carbons (Fsp3) is 0.417. The summed E-state index contributed by atoms with van der Waals surface area (Å²) in [6.07, 6.45) is 3.48. The lowest BCUT2D eigenvalue weighted by molar-refractivity contribution is 0.615. The van der Waals surface area contributed by atoms with Crippen molar-refractivity contribution < 1.29 is 4.42 Å². The first kappa shape index (κ1) is 12.7. The van der Waals surface area contributed by atoms with Crippen LogP contribution in [0.15, 0.2) is 29.0 Å². The van der Waals surface area contributed by atoms with Crippen LogP contribution in [0.5, 0.6) is 0 Å². The summed E-state index contributed by atoms with van der Waals surface area (Å²) in [5.74, 6) is 0. The van der Waals surface area contributed by atoms with Crippen molar-refractivity contribution in [1.29, 1.82) is 0 Å². The monoisotopic (exact) mass is 193 g/mol. The lowest BCUT2D eigenvalue weighted by Gasteiger charge is -1.88.